The van der Waals surface area contributed by atoms with Crippen LogP contribution in [0.5, 0.6) is 0 Å². The minimum atomic E-state index is -1.06. The smallest absolute Gasteiger partial charge is 0.277 e. The molecule has 1 rings (SSSR count). The number of hydrogen-bond acceptors (Lipinski definition) is 3. The second kappa shape index (κ2) is 5.50. The molecule has 0 unspecified atom stereocenters. The molecule has 1 heterocycles. The Kier molecular flexibility index (Phi) is 4.48. The van der Waals surface area contributed by atoms with Crippen molar-refractivity contribution in [2.75, 3.05) is 6.54 Å². The van der Waals surface area contributed by atoms with Crippen LogP contribution in [-0.2, 0) is 9.59 Å². The third kappa shape index (κ3) is 2.40. The molecule has 1 aliphatic heterocycles. The van der Waals surface area contributed by atoms with Crippen LogP contribution >= 0.6 is 0 Å². The van der Waals surface area contributed by atoms with Crippen molar-refractivity contribution in [1.82, 2.24) is 10.2 Å². The Morgan fingerprint density at radius 3 is 2.17 bits per heavy atom. The van der Waals surface area contributed by atoms with Gasteiger partial charge >= 0.3 is 6.03 Å². The number of nitrogens with one attached hydrogen (secondary N) is 1. The lowest BCUT2D eigenvalue weighted by molar-refractivity contribution is -0.152. The van der Waals surface area contributed by atoms with Gasteiger partial charge in [0.15, 0.2) is 0 Å². The quantitative estimate of drug-likeness (QED) is 0.762. The Hall–Kier alpha value is -1.39. The zero-order chi connectivity index (χ0) is 13.9. The molecule has 0 aromatic rings. The van der Waals surface area contributed by atoms with E-state index in [1.165, 1.54) is 4.90 Å². The Morgan fingerprint density at radius 1 is 1.17 bits per heavy atom. The highest BCUT2D eigenvalue weighted by atomic mass is 16.2. The molecule has 0 spiro atoms. The molecule has 0 aromatic carbocycles. The second-order valence-electron chi connectivity index (χ2n) is 5.19. The predicted octanol–water partition coefficient (Wildman–Crippen LogP) is 1.92. The van der Waals surface area contributed by atoms with Gasteiger partial charge in [-0.1, -0.05) is 27.7 Å². The SMILES string of the molecule is CCC1(CC)C(=O)NC(=O)N(CCC(C)C)C1=O. The first kappa shape index (κ1) is 14.7. The molecule has 0 aromatic heterocycles. The fourth-order valence-electron chi connectivity index (χ4n) is 2.20. The van der Waals surface area contributed by atoms with Crippen LogP contribution in [0.25, 0.3) is 0 Å². The summed E-state index contributed by atoms with van der Waals surface area (Å²) in [5.74, 6) is -0.397. The molecule has 4 amide bonds. The van der Waals surface area contributed by atoms with Gasteiger partial charge in [0.25, 0.3) is 0 Å². The van der Waals surface area contributed by atoms with Gasteiger partial charge in [-0.3, -0.25) is 19.8 Å². The van der Waals surface area contributed by atoms with E-state index in [9.17, 15) is 14.4 Å². The summed E-state index contributed by atoms with van der Waals surface area (Å²) in [6.07, 6.45) is 1.58. The van der Waals surface area contributed by atoms with Crippen molar-refractivity contribution >= 4 is 17.8 Å². The van der Waals surface area contributed by atoms with E-state index in [1.807, 2.05) is 13.8 Å². The first-order valence-electron chi connectivity index (χ1n) is 6.56. The number of rotatable bonds is 5. The summed E-state index contributed by atoms with van der Waals surface area (Å²) < 4.78 is 0. The molecular weight excluding hydrogens is 232 g/mol. The van der Waals surface area contributed by atoms with Crippen molar-refractivity contribution in [3.63, 3.8) is 0 Å². The number of carbonyl (C=O) groups is 3. The summed E-state index contributed by atoms with van der Waals surface area (Å²) in [5.41, 5.74) is -1.06. The van der Waals surface area contributed by atoms with Gasteiger partial charge in [-0.05, 0) is 25.2 Å². The van der Waals surface area contributed by atoms with Crippen molar-refractivity contribution in [1.29, 1.82) is 0 Å². The molecule has 18 heavy (non-hydrogen) atoms. The molecule has 1 N–H and O–H groups in total. The minimum Gasteiger partial charge on any atom is -0.277 e. The summed E-state index contributed by atoms with van der Waals surface area (Å²) >= 11 is 0. The molecule has 1 saturated heterocycles. The van der Waals surface area contributed by atoms with E-state index < -0.39 is 17.4 Å². The summed E-state index contributed by atoms with van der Waals surface area (Å²) in [5, 5.41) is 2.30. The van der Waals surface area contributed by atoms with Crippen molar-refractivity contribution in [3.8, 4) is 0 Å². The number of barbiturate groups is 1. The van der Waals surface area contributed by atoms with Crippen molar-refractivity contribution < 1.29 is 14.4 Å². The average Bonchev–Trinajstić information content (AvgIpc) is 2.29. The lowest BCUT2D eigenvalue weighted by Crippen LogP contribution is -2.63. The molecule has 0 aliphatic carbocycles. The third-order valence-electron chi connectivity index (χ3n) is 3.69. The van der Waals surface area contributed by atoms with Gasteiger partial charge in [-0.15, -0.1) is 0 Å². The number of carbonyl (C=O) groups excluding carboxylic acids is 3. The van der Waals surface area contributed by atoms with Crippen LogP contribution in [0.15, 0.2) is 0 Å². The van der Waals surface area contributed by atoms with Gasteiger partial charge < -0.3 is 0 Å². The van der Waals surface area contributed by atoms with Gasteiger partial charge in [-0.2, -0.15) is 0 Å². The molecule has 1 aliphatic rings. The standard InChI is InChI=1S/C13H22N2O3/c1-5-13(6-2)10(16)14-12(18)15(11(13)17)8-7-9(3)4/h9H,5-8H2,1-4H3,(H,14,16,18). The zero-order valence-electron chi connectivity index (χ0n) is 11.6. The summed E-state index contributed by atoms with van der Waals surface area (Å²) in [6.45, 7) is 8.04. The molecule has 102 valence electrons. The highest BCUT2D eigenvalue weighted by Gasteiger charge is 2.51. The van der Waals surface area contributed by atoms with Crippen molar-refractivity contribution in [3.05, 3.63) is 0 Å². The first-order chi connectivity index (χ1) is 8.39. The fraction of sp³-hybridized carbons (Fsp3) is 0.769. The molecule has 0 bridgehead atoms. The first-order valence-corrected chi connectivity index (χ1v) is 6.56. The minimum absolute atomic E-state index is 0.345. The van der Waals surface area contributed by atoms with Crippen LogP contribution in [0, 0.1) is 11.3 Å². The number of imide groups is 2. The van der Waals surface area contributed by atoms with Crippen LogP contribution in [0.4, 0.5) is 4.79 Å². The molecule has 5 heteroatoms. The lowest BCUT2D eigenvalue weighted by Gasteiger charge is -2.38. The molecule has 0 atom stereocenters. The Bertz CT molecular complexity index is 359. The maximum atomic E-state index is 12.4. The van der Waals surface area contributed by atoms with E-state index in [0.29, 0.717) is 25.3 Å². The van der Waals surface area contributed by atoms with Gasteiger partial charge in [0.1, 0.15) is 5.41 Å². The number of nitrogens with zero attached hydrogens (tertiary/aromatic N) is 1. The highest BCUT2D eigenvalue weighted by Crippen LogP contribution is 2.32. The van der Waals surface area contributed by atoms with Crippen LogP contribution < -0.4 is 5.32 Å². The number of hydrogen-bond donors (Lipinski definition) is 1. The summed E-state index contributed by atoms with van der Waals surface area (Å²) in [6, 6.07) is -0.580. The van der Waals surface area contributed by atoms with E-state index in [1.54, 1.807) is 13.8 Å². The molecule has 5 nitrogen and oxygen atoms in total. The monoisotopic (exact) mass is 254 g/mol. The topological polar surface area (TPSA) is 66.5 Å². The Labute approximate surface area is 108 Å². The zero-order valence-corrected chi connectivity index (χ0v) is 11.6. The Morgan fingerprint density at radius 2 is 1.72 bits per heavy atom. The number of amides is 4. The highest BCUT2D eigenvalue weighted by molar-refractivity contribution is 6.19. The van der Waals surface area contributed by atoms with Crippen LogP contribution in [0.1, 0.15) is 47.0 Å². The molecule has 0 saturated carbocycles. The largest absolute Gasteiger partial charge is 0.330 e. The van der Waals surface area contributed by atoms with Gasteiger partial charge in [0.05, 0.1) is 0 Å². The average molecular weight is 254 g/mol. The summed E-state index contributed by atoms with van der Waals surface area (Å²) in [7, 11) is 0. The fourth-order valence-corrected chi connectivity index (χ4v) is 2.20. The third-order valence-corrected chi connectivity index (χ3v) is 3.69. The van der Waals surface area contributed by atoms with Gasteiger partial charge in [0.2, 0.25) is 11.8 Å². The second-order valence-corrected chi connectivity index (χ2v) is 5.19. The van der Waals surface area contributed by atoms with E-state index in [4.69, 9.17) is 0 Å². The van der Waals surface area contributed by atoms with Crippen molar-refractivity contribution in [2.45, 2.75) is 47.0 Å². The summed E-state index contributed by atoms with van der Waals surface area (Å²) in [4.78, 5) is 37.2. The number of urea groups is 1. The lowest BCUT2D eigenvalue weighted by atomic mass is 9.78. The maximum Gasteiger partial charge on any atom is 0.330 e. The normalized spacial score (nSPS) is 19.4. The molecule has 1 fully saturated rings. The van der Waals surface area contributed by atoms with Crippen LogP contribution in [0.3, 0.4) is 0 Å². The van der Waals surface area contributed by atoms with Crippen LogP contribution in [0.2, 0.25) is 0 Å². The maximum absolute atomic E-state index is 12.4. The van der Waals surface area contributed by atoms with Crippen molar-refractivity contribution in [2.24, 2.45) is 11.3 Å². The van der Waals surface area contributed by atoms with Gasteiger partial charge in [0, 0.05) is 6.54 Å². The van der Waals surface area contributed by atoms with E-state index in [2.05, 4.69) is 5.32 Å². The van der Waals surface area contributed by atoms with E-state index in [0.717, 1.165) is 6.42 Å². The van der Waals surface area contributed by atoms with E-state index in [-0.39, 0.29) is 5.91 Å². The van der Waals surface area contributed by atoms with E-state index >= 15 is 0 Å². The predicted molar refractivity (Wildman–Crippen MR) is 67.7 cm³/mol. The molecular formula is C13H22N2O3. The molecule has 0 radical (unpaired) electrons. The van der Waals surface area contributed by atoms with Gasteiger partial charge in [-0.25, -0.2) is 4.79 Å². The Balaban J connectivity index is 2.95. The van der Waals surface area contributed by atoms with Crippen LogP contribution in [-0.4, -0.2) is 29.3 Å².